The van der Waals surface area contributed by atoms with Gasteiger partial charge in [0, 0.05) is 6.61 Å². The average Bonchev–Trinajstić information content (AvgIpc) is 2.11. The van der Waals surface area contributed by atoms with Crippen molar-refractivity contribution < 1.29 is 9.53 Å². The van der Waals surface area contributed by atoms with Gasteiger partial charge < -0.3 is 4.74 Å². The van der Waals surface area contributed by atoms with Crippen LogP contribution in [-0.4, -0.2) is 18.5 Å². The molecule has 0 aliphatic heterocycles. The molecule has 0 saturated carbocycles. The first-order valence-corrected chi connectivity index (χ1v) is 5.96. The van der Waals surface area contributed by atoms with Crippen LogP contribution in [0.1, 0.15) is 41.0 Å². The van der Waals surface area contributed by atoms with E-state index >= 15 is 0 Å². The molecule has 0 fully saturated rings. The number of hydrogen-bond acceptors (Lipinski definition) is 2. The maximum atomic E-state index is 11.3. The Labute approximate surface area is 98.3 Å². The summed E-state index contributed by atoms with van der Waals surface area (Å²) in [5.41, 5.74) is -0.0875. The van der Waals surface area contributed by atoms with E-state index < -0.39 is 0 Å². The predicted molar refractivity (Wildman–Crippen MR) is 64.1 cm³/mol. The van der Waals surface area contributed by atoms with Crippen LogP contribution in [0.5, 0.6) is 0 Å². The fraction of sp³-hybridized carbons (Fsp3) is 0.917. The molecule has 3 heteroatoms. The molecule has 0 amide bonds. The highest BCUT2D eigenvalue weighted by atomic mass is 35.5. The second kappa shape index (κ2) is 6.49. The molecule has 0 aromatic carbocycles. The lowest BCUT2D eigenvalue weighted by Crippen LogP contribution is -2.32. The van der Waals surface area contributed by atoms with E-state index in [4.69, 9.17) is 16.3 Å². The van der Waals surface area contributed by atoms with Crippen LogP contribution in [0.15, 0.2) is 0 Å². The Bertz CT molecular complexity index is 200. The quantitative estimate of drug-likeness (QED) is 0.631. The third-order valence-electron chi connectivity index (χ3n) is 2.86. The molecule has 1 unspecified atom stereocenters. The fourth-order valence-electron chi connectivity index (χ4n) is 1.27. The first-order valence-electron chi connectivity index (χ1n) is 5.58. The van der Waals surface area contributed by atoms with Gasteiger partial charge in [-0.05, 0) is 22.9 Å². The van der Waals surface area contributed by atoms with E-state index in [1.165, 1.54) is 0 Å². The molecule has 0 aliphatic carbocycles. The molecule has 0 aromatic rings. The summed E-state index contributed by atoms with van der Waals surface area (Å²) >= 11 is 5.60. The van der Waals surface area contributed by atoms with E-state index in [9.17, 15) is 4.79 Å². The fourth-order valence-corrected chi connectivity index (χ4v) is 1.62. The van der Waals surface area contributed by atoms with Crippen LogP contribution in [0.4, 0.5) is 0 Å². The van der Waals surface area contributed by atoms with Crippen molar-refractivity contribution >= 4 is 16.8 Å². The average molecular weight is 235 g/mol. The van der Waals surface area contributed by atoms with E-state index in [0.717, 1.165) is 6.42 Å². The Morgan fingerprint density at radius 1 is 1.33 bits per heavy atom. The summed E-state index contributed by atoms with van der Waals surface area (Å²) in [6, 6.07) is 0. The third-order valence-corrected chi connectivity index (χ3v) is 3.13. The summed E-state index contributed by atoms with van der Waals surface area (Å²) in [7, 11) is 0. The Kier molecular flexibility index (Phi) is 6.46. The molecule has 0 rings (SSSR count). The Morgan fingerprint density at radius 3 is 2.20 bits per heavy atom. The maximum absolute atomic E-state index is 11.3. The van der Waals surface area contributed by atoms with Crippen molar-refractivity contribution in [3.05, 3.63) is 0 Å². The van der Waals surface area contributed by atoms with E-state index in [2.05, 4.69) is 34.6 Å². The van der Waals surface area contributed by atoms with Gasteiger partial charge in [0.1, 0.15) is 0 Å². The van der Waals surface area contributed by atoms with E-state index in [0.29, 0.717) is 19.1 Å². The number of hydrogen-bond donors (Lipinski definition) is 0. The predicted octanol–water partition coefficient (Wildman–Crippen LogP) is 3.48. The molecule has 1 atom stereocenters. The minimum Gasteiger partial charge on any atom is -0.380 e. The zero-order valence-electron chi connectivity index (χ0n) is 10.5. The standard InChI is InChI=1S/C12H23ClO2/c1-6-12(4,5)10(11(13)14)8-15-7-9(2)3/h9-10H,6-8H2,1-5H3. The van der Waals surface area contributed by atoms with Crippen LogP contribution < -0.4 is 0 Å². The van der Waals surface area contributed by atoms with Gasteiger partial charge in [0.05, 0.1) is 12.5 Å². The lowest BCUT2D eigenvalue weighted by molar-refractivity contribution is -0.121. The van der Waals surface area contributed by atoms with Gasteiger partial charge in [-0.25, -0.2) is 0 Å². The molecule has 2 nitrogen and oxygen atoms in total. The van der Waals surface area contributed by atoms with Gasteiger partial charge in [0.25, 0.3) is 0 Å². The number of ether oxygens (including phenoxy) is 1. The summed E-state index contributed by atoms with van der Waals surface area (Å²) in [6.07, 6.45) is 0.918. The van der Waals surface area contributed by atoms with Gasteiger partial charge in [-0.1, -0.05) is 41.0 Å². The molecule has 0 bridgehead atoms. The zero-order valence-corrected chi connectivity index (χ0v) is 11.2. The highest BCUT2D eigenvalue weighted by Crippen LogP contribution is 2.32. The van der Waals surface area contributed by atoms with Crippen molar-refractivity contribution in [1.82, 2.24) is 0 Å². The SMILES string of the molecule is CCC(C)(C)C(COCC(C)C)C(=O)Cl. The summed E-state index contributed by atoms with van der Waals surface area (Å²) in [5, 5.41) is -0.286. The lowest BCUT2D eigenvalue weighted by Gasteiger charge is -2.30. The second-order valence-corrected chi connectivity index (χ2v) is 5.50. The number of rotatable bonds is 7. The molecule has 0 aromatic heterocycles. The Balaban J connectivity index is 4.24. The van der Waals surface area contributed by atoms with Gasteiger partial charge in [-0.15, -0.1) is 0 Å². The van der Waals surface area contributed by atoms with Crippen molar-refractivity contribution in [3.63, 3.8) is 0 Å². The van der Waals surface area contributed by atoms with Crippen LogP contribution in [0, 0.1) is 17.3 Å². The first kappa shape index (κ1) is 14.9. The van der Waals surface area contributed by atoms with Crippen LogP contribution in [-0.2, 0) is 9.53 Å². The molecule has 0 radical (unpaired) electrons. The first-order chi connectivity index (χ1) is 6.81. The summed E-state index contributed by atoms with van der Waals surface area (Å²) < 4.78 is 5.50. The summed E-state index contributed by atoms with van der Waals surface area (Å²) in [5.74, 6) is 0.281. The van der Waals surface area contributed by atoms with Gasteiger partial charge in [0.2, 0.25) is 5.24 Å². The molecule has 0 N–H and O–H groups in total. The van der Waals surface area contributed by atoms with Crippen LogP contribution in [0.3, 0.4) is 0 Å². The van der Waals surface area contributed by atoms with Crippen molar-refractivity contribution in [2.45, 2.75) is 41.0 Å². The normalized spacial score (nSPS) is 14.3. The number of halogens is 1. The van der Waals surface area contributed by atoms with Crippen molar-refractivity contribution in [2.75, 3.05) is 13.2 Å². The van der Waals surface area contributed by atoms with Gasteiger partial charge in [0.15, 0.2) is 0 Å². The summed E-state index contributed by atoms with van der Waals surface area (Å²) in [4.78, 5) is 11.3. The number of carbonyl (C=O) groups excluding carboxylic acids is 1. The molecule has 90 valence electrons. The van der Waals surface area contributed by atoms with Crippen molar-refractivity contribution in [3.8, 4) is 0 Å². The Hall–Kier alpha value is -0.0800. The van der Waals surface area contributed by atoms with Crippen LogP contribution in [0.25, 0.3) is 0 Å². The highest BCUT2D eigenvalue weighted by molar-refractivity contribution is 6.64. The Morgan fingerprint density at radius 2 is 1.87 bits per heavy atom. The highest BCUT2D eigenvalue weighted by Gasteiger charge is 2.32. The summed E-state index contributed by atoms with van der Waals surface area (Å²) in [6.45, 7) is 11.5. The monoisotopic (exact) mass is 234 g/mol. The van der Waals surface area contributed by atoms with E-state index in [1.54, 1.807) is 0 Å². The minimum atomic E-state index is -0.286. The largest absolute Gasteiger partial charge is 0.380 e. The van der Waals surface area contributed by atoms with E-state index in [-0.39, 0.29) is 16.6 Å². The smallest absolute Gasteiger partial charge is 0.227 e. The van der Waals surface area contributed by atoms with Crippen LogP contribution in [0.2, 0.25) is 0 Å². The zero-order chi connectivity index (χ0) is 12.1. The maximum Gasteiger partial charge on any atom is 0.227 e. The second-order valence-electron chi connectivity index (χ2n) is 5.13. The topological polar surface area (TPSA) is 26.3 Å². The van der Waals surface area contributed by atoms with Crippen LogP contribution >= 0.6 is 11.6 Å². The lowest BCUT2D eigenvalue weighted by atomic mass is 9.78. The molecule has 0 saturated heterocycles. The van der Waals surface area contributed by atoms with E-state index in [1.807, 2.05) is 0 Å². The molecule has 0 aliphatic rings. The molecular formula is C12H23ClO2. The molecule has 0 spiro atoms. The minimum absolute atomic E-state index is 0.0875. The van der Waals surface area contributed by atoms with Gasteiger partial charge in [-0.2, -0.15) is 0 Å². The van der Waals surface area contributed by atoms with Crippen molar-refractivity contribution in [1.29, 1.82) is 0 Å². The molecular weight excluding hydrogens is 212 g/mol. The third kappa shape index (κ3) is 5.53. The van der Waals surface area contributed by atoms with Gasteiger partial charge in [-0.3, -0.25) is 4.79 Å². The molecule has 15 heavy (non-hydrogen) atoms. The number of carbonyl (C=O) groups is 1. The van der Waals surface area contributed by atoms with Crippen molar-refractivity contribution in [2.24, 2.45) is 17.3 Å². The van der Waals surface area contributed by atoms with Gasteiger partial charge >= 0.3 is 0 Å². The molecule has 0 heterocycles.